The van der Waals surface area contributed by atoms with Crippen molar-refractivity contribution < 1.29 is 16.8 Å². The molecular formula is C31H29BN2O4S2. The summed E-state index contributed by atoms with van der Waals surface area (Å²) < 4.78 is 60.5. The second kappa shape index (κ2) is 11.0. The molecule has 0 unspecified atom stereocenters. The number of nitrogens with zero attached hydrogens (tertiary/aromatic N) is 2. The molecule has 0 spiro atoms. The van der Waals surface area contributed by atoms with E-state index in [0.717, 1.165) is 11.1 Å². The molecule has 4 aromatic carbocycles. The quantitative estimate of drug-likeness (QED) is 0.207. The van der Waals surface area contributed by atoms with E-state index in [0.29, 0.717) is 11.1 Å². The highest BCUT2D eigenvalue weighted by Crippen LogP contribution is 2.50. The molecule has 5 rings (SSSR count). The third-order valence-electron chi connectivity index (χ3n) is 7.11. The Hall–Kier alpha value is -3.72. The molecule has 0 saturated carbocycles. The number of rotatable bonds is 7. The molecule has 9 heteroatoms. The molecule has 1 aliphatic rings. The Morgan fingerprint density at radius 3 is 1.30 bits per heavy atom. The maximum atomic E-state index is 14.5. The van der Waals surface area contributed by atoms with Crippen molar-refractivity contribution in [3.63, 3.8) is 0 Å². The van der Waals surface area contributed by atoms with E-state index in [-0.39, 0.29) is 9.79 Å². The summed E-state index contributed by atoms with van der Waals surface area (Å²) in [7, 11) is -8.44. The number of hydrogen-bond donors (Lipinski definition) is 0. The van der Waals surface area contributed by atoms with Crippen LogP contribution in [0.3, 0.4) is 0 Å². The van der Waals surface area contributed by atoms with Crippen LogP contribution in [0.15, 0.2) is 137 Å². The minimum absolute atomic E-state index is 0.0721. The number of hydrogen-bond acceptors (Lipinski definition) is 4. The van der Waals surface area contributed by atoms with Crippen LogP contribution in [0.5, 0.6) is 0 Å². The average molecular weight is 569 g/mol. The molecule has 1 fully saturated rings. The highest BCUT2D eigenvalue weighted by atomic mass is 32.2. The molecule has 1 saturated heterocycles. The topological polar surface area (TPSA) is 74.8 Å². The first kappa shape index (κ1) is 27.8. The van der Waals surface area contributed by atoms with Gasteiger partial charge in [0.25, 0.3) is 0 Å². The average Bonchev–Trinajstić information content (AvgIpc) is 3.31. The van der Waals surface area contributed by atoms with Crippen LogP contribution in [0.2, 0.25) is 0 Å². The first-order chi connectivity index (χ1) is 19.2. The lowest BCUT2D eigenvalue weighted by molar-refractivity contribution is 0.377. The Balaban J connectivity index is 1.84. The van der Waals surface area contributed by atoms with E-state index in [1.54, 1.807) is 48.5 Å². The number of aryl methyl sites for hydroxylation is 2. The third-order valence-corrected chi connectivity index (χ3v) is 10.8. The van der Waals surface area contributed by atoms with Crippen LogP contribution in [0, 0.1) is 13.8 Å². The Morgan fingerprint density at radius 2 is 0.975 bits per heavy atom. The molecular weight excluding hydrogens is 539 g/mol. The monoisotopic (exact) mass is 568 g/mol. The van der Waals surface area contributed by atoms with E-state index < -0.39 is 39.1 Å². The predicted octanol–water partition coefficient (Wildman–Crippen LogP) is 5.85. The maximum Gasteiger partial charge on any atom is 0.377 e. The van der Waals surface area contributed by atoms with Gasteiger partial charge in [-0.25, -0.2) is 25.3 Å². The van der Waals surface area contributed by atoms with Crippen LogP contribution in [-0.4, -0.2) is 32.3 Å². The Labute approximate surface area is 237 Å². The van der Waals surface area contributed by atoms with Gasteiger partial charge in [-0.3, -0.25) is 0 Å². The van der Waals surface area contributed by atoms with E-state index in [1.807, 2.05) is 74.5 Å². The van der Waals surface area contributed by atoms with Crippen LogP contribution < -0.4 is 0 Å². The lowest BCUT2D eigenvalue weighted by atomic mass is 9.78. The van der Waals surface area contributed by atoms with Crippen molar-refractivity contribution >= 4 is 27.0 Å². The van der Waals surface area contributed by atoms with Gasteiger partial charge in [0.1, 0.15) is 0 Å². The van der Waals surface area contributed by atoms with Gasteiger partial charge >= 0.3 is 6.98 Å². The summed E-state index contributed by atoms with van der Waals surface area (Å²) in [6.45, 7) is 6.22. The van der Waals surface area contributed by atoms with Gasteiger partial charge < -0.3 is 0 Å². The van der Waals surface area contributed by atoms with Gasteiger partial charge in [0.2, 0.25) is 20.0 Å². The Morgan fingerprint density at radius 1 is 0.625 bits per heavy atom. The van der Waals surface area contributed by atoms with Crippen molar-refractivity contribution in [1.82, 2.24) is 8.43 Å². The van der Waals surface area contributed by atoms with Crippen molar-refractivity contribution in [3.8, 4) is 0 Å². The molecule has 0 aliphatic carbocycles. The smallest absolute Gasteiger partial charge is 0.208 e. The molecule has 0 aromatic heterocycles. The normalized spacial score (nSPS) is 18.4. The Bertz CT molecular complexity index is 1630. The number of benzene rings is 4. The number of sulfonamides is 2. The largest absolute Gasteiger partial charge is 0.377 e. The molecule has 4 aromatic rings. The molecule has 1 aliphatic heterocycles. The fourth-order valence-corrected chi connectivity index (χ4v) is 8.65. The van der Waals surface area contributed by atoms with E-state index in [2.05, 4.69) is 12.3 Å². The van der Waals surface area contributed by atoms with Crippen molar-refractivity contribution in [2.45, 2.75) is 35.7 Å². The summed E-state index contributed by atoms with van der Waals surface area (Å²) in [5.74, 6) is 1.41. The van der Waals surface area contributed by atoms with E-state index in [9.17, 15) is 16.8 Å². The van der Waals surface area contributed by atoms with Crippen molar-refractivity contribution in [3.05, 3.63) is 150 Å². The third kappa shape index (κ3) is 4.99. The maximum absolute atomic E-state index is 14.5. The minimum atomic E-state index is -4.22. The minimum Gasteiger partial charge on any atom is -0.208 e. The van der Waals surface area contributed by atoms with Crippen LogP contribution in [0.4, 0.5) is 0 Å². The standard InChI is InChI=1S/C31H29BN2O4S2/c1-4-23-32-33(39(35,36)28-19-15-24(2)16-20-28)30(26-11-7-5-8-12-26)31(27-13-9-6-10-14-27)34(32)40(37,38)29-21-17-25(3)18-22-29/h5-23,30-31H,1H2,2-3H3/t30-,31-/m1/s1. The molecule has 6 nitrogen and oxygen atoms in total. The molecule has 1 heterocycles. The molecule has 202 valence electrons. The van der Waals surface area contributed by atoms with Crippen molar-refractivity contribution in [2.24, 2.45) is 0 Å². The summed E-state index contributed by atoms with van der Waals surface area (Å²) in [5.41, 5.74) is 5.84. The summed E-state index contributed by atoms with van der Waals surface area (Å²) in [6, 6.07) is 29.7. The lowest BCUT2D eigenvalue weighted by Gasteiger charge is -2.30. The van der Waals surface area contributed by atoms with Gasteiger partial charge in [-0.15, -0.1) is 5.73 Å². The van der Waals surface area contributed by atoms with Crippen LogP contribution in [0.1, 0.15) is 34.3 Å². The van der Waals surface area contributed by atoms with Gasteiger partial charge in [0, 0.05) is 0 Å². The molecule has 0 radical (unpaired) electrons. The highest BCUT2D eigenvalue weighted by Gasteiger charge is 2.59. The molecule has 2 atom stereocenters. The van der Waals surface area contributed by atoms with Crippen molar-refractivity contribution in [2.75, 3.05) is 0 Å². The van der Waals surface area contributed by atoms with Crippen molar-refractivity contribution in [1.29, 1.82) is 0 Å². The lowest BCUT2D eigenvalue weighted by Crippen LogP contribution is -2.48. The zero-order valence-corrected chi connectivity index (χ0v) is 23.9. The SMILES string of the molecule is C=C=CB1N(S(=O)(=O)c2ccc(C)cc2)[C@H](c2ccccc2)[C@@H](c2ccccc2)N1S(=O)(=O)c1ccc(C)cc1. The highest BCUT2D eigenvalue weighted by molar-refractivity contribution is 7.92. The van der Waals surface area contributed by atoms with Gasteiger partial charge in [-0.2, -0.15) is 0 Å². The zero-order chi connectivity index (χ0) is 28.5. The fourth-order valence-electron chi connectivity index (χ4n) is 5.18. The van der Waals surface area contributed by atoms with Crippen LogP contribution >= 0.6 is 0 Å². The molecule has 0 N–H and O–H groups in total. The zero-order valence-electron chi connectivity index (χ0n) is 22.3. The first-order valence-electron chi connectivity index (χ1n) is 12.8. The second-order valence-corrected chi connectivity index (χ2v) is 13.5. The second-order valence-electron chi connectivity index (χ2n) is 9.79. The summed E-state index contributed by atoms with van der Waals surface area (Å²) in [4.78, 5) is 0.144. The molecule has 40 heavy (non-hydrogen) atoms. The molecule has 0 amide bonds. The van der Waals surface area contributed by atoms with Gasteiger partial charge in [0.05, 0.1) is 21.9 Å². The van der Waals surface area contributed by atoms with Gasteiger partial charge in [-0.05, 0) is 55.2 Å². The van der Waals surface area contributed by atoms with Crippen LogP contribution in [0.25, 0.3) is 0 Å². The summed E-state index contributed by atoms with van der Waals surface area (Å²) >= 11 is 0. The predicted molar refractivity (Wildman–Crippen MR) is 158 cm³/mol. The van der Waals surface area contributed by atoms with Gasteiger partial charge in [0.15, 0.2) is 0 Å². The van der Waals surface area contributed by atoms with E-state index >= 15 is 0 Å². The fraction of sp³-hybridized carbons (Fsp3) is 0.129. The summed E-state index contributed by atoms with van der Waals surface area (Å²) in [5, 5.41) is 0. The molecule has 0 bridgehead atoms. The van der Waals surface area contributed by atoms with Gasteiger partial charge in [-0.1, -0.05) is 103 Å². The first-order valence-corrected chi connectivity index (χ1v) is 15.7. The Kier molecular flexibility index (Phi) is 7.69. The summed E-state index contributed by atoms with van der Waals surface area (Å²) in [6.07, 6.45) is 0. The van der Waals surface area contributed by atoms with E-state index in [1.165, 1.54) is 14.4 Å². The van der Waals surface area contributed by atoms with E-state index in [4.69, 9.17) is 0 Å². The van der Waals surface area contributed by atoms with Crippen LogP contribution in [-0.2, 0) is 20.0 Å².